The van der Waals surface area contributed by atoms with Crippen LogP contribution in [0, 0.1) is 11.8 Å². The molecule has 1 saturated heterocycles. The summed E-state index contributed by atoms with van der Waals surface area (Å²) >= 11 is 0. The van der Waals surface area contributed by atoms with Gasteiger partial charge >= 0.3 is 0 Å². The molecule has 0 radical (unpaired) electrons. The molecule has 34 nitrogen and oxygen atoms in total. The second kappa shape index (κ2) is 45.5. The molecule has 28 N–H and O–H groups in total. The van der Waals surface area contributed by atoms with Gasteiger partial charge in [-0.3, -0.25) is 67.7 Å². The van der Waals surface area contributed by atoms with Gasteiger partial charge in [-0.05, 0) is 131 Å². The van der Waals surface area contributed by atoms with Gasteiger partial charge in [0.25, 0.3) is 0 Å². The molecule has 578 valence electrons. The zero-order chi connectivity index (χ0) is 77.7. The van der Waals surface area contributed by atoms with Crippen LogP contribution in [0.2, 0.25) is 0 Å². The maximum atomic E-state index is 15.0. The topological polar surface area (TPSA) is 591 Å². The van der Waals surface area contributed by atoms with Gasteiger partial charge in [0, 0.05) is 38.5 Å². The minimum atomic E-state index is -1.46. The number of amides is 11. The maximum Gasteiger partial charge on any atom is 0.245 e. The molecule has 0 bridgehead atoms. The van der Waals surface area contributed by atoms with Crippen LogP contribution in [0.5, 0.6) is 5.75 Å². The summed E-state index contributed by atoms with van der Waals surface area (Å²) in [6.07, 6.45) is 2.37. The van der Waals surface area contributed by atoms with Crippen LogP contribution >= 0.6 is 0 Å². The van der Waals surface area contributed by atoms with E-state index in [1.54, 1.807) is 107 Å². The summed E-state index contributed by atoms with van der Waals surface area (Å²) in [5.41, 5.74) is 53.2. The lowest BCUT2D eigenvalue weighted by atomic mass is 9.92. The minimum absolute atomic E-state index is 0.00113. The van der Waals surface area contributed by atoms with Gasteiger partial charge in [-0.1, -0.05) is 114 Å². The lowest BCUT2D eigenvalue weighted by Gasteiger charge is -2.32. The summed E-state index contributed by atoms with van der Waals surface area (Å²) in [4.78, 5) is 170. The van der Waals surface area contributed by atoms with E-state index in [0.717, 1.165) is 0 Å². The molecule has 105 heavy (non-hydrogen) atoms. The number of phenols is 1. The first kappa shape index (κ1) is 86.8. The van der Waals surface area contributed by atoms with Crippen LogP contribution in [0.3, 0.4) is 0 Å². The first-order valence-electron chi connectivity index (χ1n) is 35.7. The third kappa shape index (κ3) is 31.1. The monoisotopic (exact) mass is 1460 g/mol. The second-order valence-corrected chi connectivity index (χ2v) is 26.7. The van der Waals surface area contributed by atoms with Gasteiger partial charge in [-0.25, -0.2) is 0 Å². The Morgan fingerprint density at radius 1 is 0.514 bits per heavy atom. The molecule has 0 aliphatic carbocycles. The van der Waals surface area contributed by atoms with Crippen molar-refractivity contribution in [2.24, 2.45) is 78.4 Å². The van der Waals surface area contributed by atoms with Crippen LogP contribution < -0.4 is 99.5 Å². The van der Waals surface area contributed by atoms with Crippen molar-refractivity contribution in [1.29, 1.82) is 0 Å². The molecule has 0 saturated carbocycles. The van der Waals surface area contributed by atoms with Gasteiger partial charge in [0.1, 0.15) is 60.1 Å². The summed E-state index contributed by atoms with van der Waals surface area (Å²) in [7, 11) is 0. The first-order chi connectivity index (χ1) is 49.9. The van der Waals surface area contributed by atoms with Crippen LogP contribution in [0.4, 0.5) is 0 Å². The number of primary amides is 1. The lowest BCUT2D eigenvalue weighted by molar-refractivity contribution is -0.142. The van der Waals surface area contributed by atoms with E-state index in [2.05, 4.69) is 62.8 Å². The number of likely N-dealkylation sites (tertiary alicyclic amines) is 1. The average molecular weight is 1470 g/mol. The van der Waals surface area contributed by atoms with E-state index in [0.29, 0.717) is 48.9 Å². The number of phenolic OH excluding ortho intramolecular Hbond substituents is 1. The van der Waals surface area contributed by atoms with E-state index in [4.69, 9.17) is 51.6 Å². The Bertz CT molecular complexity index is 3410. The largest absolute Gasteiger partial charge is 0.508 e. The molecule has 0 unspecified atom stereocenters. The molecule has 34 heteroatoms. The molecule has 1 aliphatic rings. The van der Waals surface area contributed by atoms with Gasteiger partial charge in [0.05, 0.1) is 12.6 Å². The number of guanidine groups is 3. The lowest BCUT2D eigenvalue weighted by Crippen LogP contribution is -2.61. The van der Waals surface area contributed by atoms with Crippen LogP contribution in [-0.4, -0.2) is 193 Å². The zero-order valence-corrected chi connectivity index (χ0v) is 60.9. The van der Waals surface area contributed by atoms with Crippen LogP contribution in [0.15, 0.2) is 99.9 Å². The number of nitrogens with zero attached hydrogens (tertiary/aromatic N) is 4. The second-order valence-electron chi connectivity index (χ2n) is 26.7. The molecule has 1 fully saturated rings. The number of aromatic hydroxyl groups is 1. The maximum absolute atomic E-state index is 15.0. The number of nitrogens with one attached hydrogen (secondary N) is 9. The molecule has 1 heterocycles. The fourth-order valence-electron chi connectivity index (χ4n) is 11.8. The van der Waals surface area contributed by atoms with Crippen molar-refractivity contribution < 1.29 is 57.8 Å². The van der Waals surface area contributed by atoms with Gasteiger partial charge in [0.2, 0.25) is 65.0 Å². The van der Waals surface area contributed by atoms with E-state index in [1.807, 2.05) is 0 Å². The number of unbranched alkanes of at least 4 members (excludes halogenated alkanes) is 1. The zero-order valence-electron chi connectivity index (χ0n) is 60.9. The summed E-state index contributed by atoms with van der Waals surface area (Å²) in [5.74, 6) is -10.7. The van der Waals surface area contributed by atoms with E-state index in [-0.39, 0.29) is 126 Å². The highest BCUT2D eigenvalue weighted by atomic mass is 16.3. The Morgan fingerprint density at radius 3 is 1.52 bits per heavy atom. The molecular weight excluding hydrogens is 1350 g/mol. The molecule has 1 aliphatic heterocycles. The quantitative estimate of drug-likeness (QED) is 0.0154. The van der Waals surface area contributed by atoms with E-state index < -0.39 is 144 Å². The minimum Gasteiger partial charge on any atom is -0.508 e. The molecule has 3 aromatic carbocycles. The van der Waals surface area contributed by atoms with Crippen molar-refractivity contribution in [3.8, 4) is 5.75 Å². The third-order valence-electron chi connectivity index (χ3n) is 17.8. The first-order valence-corrected chi connectivity index (χ1v) is 35.7. The molecule has 12 atom stereocenters. The summed E-state index contributed by atoms with van der Waals surface area (Å²) < 4.78 is 0. The summed E-state index contributed by atoms with van der Waals surface area (Å²) in [5, 5.41) is 34.4. The van der Waals surface area contributed by atoms with Crippen molar-refractivity contribution in [1.82, 2.24) is 52.8 Å². The molecular formula is C71H112N22O12. The predicted molar refractivity (Wildman–Crippen MR) is 399 cm³/mol. The van der Waals surface area contributed by atoms with Crippen molar-refractivity contribution in [2.45, 2.75) is 197 Å². The fourth-order valence-corrected chi connectivity index (χ4v) is 11.8. The van der Waals surface area contributed by atoms with Gasteiger partial charge in [-0.2, -0.15) is 0 Å². The van der Waals surface area contributed by atoms with Crippen molar-refractivity contribution in [2.75, 3.05) is 39.3 Å². The van der Waals surface area contributed by atoms with Gasteiger partial charge in [0.15, 0.2) is 17.9 Å². The van der Waals surface area contributed by atoms with Crippen molar-refractivity contribution in [3.05, 3.63) is 102 Å². The van der Waals surface area contributed by atoms with E-state index in [9.17, 15) is 57.8 Å². The van der Waals surface area contributed by atoms with Crippen LogP contribution in [-0.2, 0) is 65.6 Å². The van der Waals surface area contributed by atoms with Crippen LogP contribution in [0.25, 0.3) is 0 Å². The number of benzene rings is 3. The molecule has 0 aromatic heterocycles. The Labute approximate surface area is 613 Å². The number of aliphatic imine (C=N–C) groups is 3. The Kier molecular flexibility index (Phi) is 37.6. The smallest absolute Gasteiger partial charge is 0.245 e. The highest BCUT2D eigenvalue weighted by molar-refractivity contribution is 5.99. The number of carbonyl (C=O) groups excluding carboxylic acids is 11. The van der Waals surface area contributed by atoms with E-state index in [1.165, 1.54) is 17.0 Å². The number of carbonyl (C=O) groups is 11. The third-order valence-corrected chi connectivity index (χ3v) is 17.8. The normalized spacial score (nSPS) is 15.7. The Hall–Kier alpha value is -10.6. The molecule has 4 rings (SSSR count). The van der Waals surface area contributed by atoms with Gasteiger partial charge < -0.3 is 109 Å². The van der Waals surface area contributed by atoms with Gasteiger partial charge in [-0.15, -0.1) is 0 Å². The number of nitrogens with two attached hydrogens (primary N) is 9. The van der Waals surface area contributed by atoms with E-state index >= 15 is 0 Å². The highest BCUT2D eigenvalue weighted by Gasteiger charge is 2.41. The molecule has 3 aromatic rings. The standard InChI is InChI=1S/C71H112N22O12/c1-6-42(4)57(66(103)88-52(26-17-35-83-71(79)80)68(105)93-36-18-27-55(93)65(102)85-49(59(74)96)23-13-14-32-72)92-62(99)51(25-16-34-82-70(77)78)86-61(98)50(24-15-33-81-69(75)76)87-63(100)53(37-41(2)3)89-64(101)54(39-44-19-9-7-10-20-44)90-67(104)58(43(5)46-21-11-8-12-22-46)91-56(95)40-84-60(97)48(73)38-45-28-30-47(94)31-29-45/h7-12,19-22,28-31,41-43,48-55,57-58,94H,6,13-18,23-27,32-40,72-73H2,1-5H3,(H2,74,96)(H,84,97)(H,85,102)(H,86,98)(H,87,100)(H,88,103)(H,89,101)(H,90,104)(H,91,95)(H,92,99)(H4,75,76,81)(H4,77,78,82)(H4,79,80,83)/t42-,43-,48-,49-,50-,51-,52-,53-,54-,55-,57-,58+/m0/s1. The number of hydrogen-bond donors (Lipinski definition) is 19. The van der Waals surface area contributed by atoms with Crippen LogP contribution in [0.1, 0.15) is 141 Å². The van der Waals surface area contributed by atoms with Crippen molar-refractivity contribution in [3.63, 3.8) is 0 Å². The summed E-state index contributed by atoms with van der Waals surface area (Å²) in [6.45, 7) is 8.73. The Morgan fingerprint density at radius 2 is 0.990 bits per heavy atom. The molecule has 0 spiro atoms. The Balaban J connectivity index is 1.66. The fraction of sp³-hybridized carbons (Fsp3) is 0.549. The predicted octanol–water partition coefficient (Wildman–Crippen LogP) is -2.84. The number of rotatable bonds is 46. The SMILES string of the molecule is CC[C@H](C)[C@H](NC(=O)[C@H](CCCN=C(N)N)NC(=O)[C@H](CCCN=C(N)N)NC(=O)[C@H](CC(C)C)NC(=O)[C@H](Cc1ccccc1)NC(=O)[C@H](NC(=O)CNC(=O)[C@@H](N)Cc1ccc(O)cc1)[C@@H](C)c1ccccc1)C(=O)N[C@@H](CCCN=C(N)N)C(=O)N1CCC[C@H]1C(=O)N[C@@H](CCCCN)C(N)=O. The number of hydrogen-bond acceptors (Lipinski definition) is 17. The highest BCUT2D eigenvalue weighted by Crippen LogP contribution is 2.23. The average Bonchev–Trinajstić information content (AvgIpc) is 1.80. The summed E-state index contributed by atoms with van der Waals surface area (Å²) in [6, 6.07) is 10.8. The van der Waals surface area contributed by atoms with Crippen molar-refractivity contribution >= 4 is 82.9 Å². The molecule has 11 amide bonds.